The summed E-state index contributed by atoms with van der Waals surface area (Å²) >= 11 is 3.34. The third kappa shape index (κ3) is 5.69. The maximum absolute atomic E-state index is 14.5. The Morgan fingerprint density at radius 2 is 2.04 bits per heavy atom. The fourth-order valence-electron chi connectivity index (χ4n) is 8.38. The Balaban J connectivity index is 1.22. The molecule has 1 unspecified atom stereocenters. The summed E-state index contributed by atoms with van der Waals surface area (Å²) in [7, 11) is 0. The third-order valence-electron chi connectivity index (χ3n) is 10.5. The van der Waals surface area contributed by atoms with Gasteiger partial charge in [-0.2, -0.15) is 15.2 Å². The Morgan fingerprint density at radius 3 is 2.91 bits per heavy atom. The van der Waals surface area contributed by atoms with Crippen molar-refractivity contribution in [2.24, 2.45) is 0 Å². The molecule has 1 aromatic carbocycles. The lowest BCUT2D eigenvalue weighted by Gasteiger charge is -2.44. The average Bonchev–Trinajstić information content (AvgIpc) is 3.58. The van der Waals surface area contributed by atoms with E-state index >= 15 is 0 Å². The molecule has 45 heavy (non-hydrogen) atoms. The molecule has 0 saturated carbocycles. The van der Waals surface area contributed by atoms with Gasteiger partial charge in [0.25, 0.3) is 0 Å². The van der Waals surface area contributed by atoms with E-state index in [2.05, 4.69) is 56.1 Å². The summed E-state index contributed by atoms with van der Waals surface area (Å²) in [4.78, 5) is 29.0. The summed E-state index contributed by atoms with van der Waals surface area (Å²) in [6.45, 7) is 3.19. The van der Waals surface area contributed by atoms with Gasteiger partial charge in [0.2, 0.25) is 11.8 Å². The van der Waals surface area contributed by atoms with Gasteiger partial charge in [-0.15, -0.1) is 0 Å². The van der Waals surface area contributed by atoms with E-state index < -0.39 is 11.8 Å². The molecular weight excluding hydrogens is 639 g/mol. The number of carbonyl (C=O) groups excluding carboxylic acids is 1. The topological polar surface area (TPSA) is 94.8 Å². The van der Waals surface area contributed by atoms with Crippen LogP contribution in [-0.2, 0) is 23.2 Å². The van der Waals surface area contributed by atoms with Crippen molar-refractivity contribution in [3.63, 3.8) is 0 Å². The van der Waals surface area contributed by atoms with Gasteiger partial charge in [0, 0.05) is 37.9 Å². The van der Waals surface area contributed by atoms with Crippen molar-refractivity contribution in [1.82, 2.24) is 19.8 Å². The van der Waals surface area contributed by atoms with Gasteiger partial charge in [-0.1, -0.05) is 46.3 Å². The van der Waals surface area contributed by atoms with Gasteiger partial charge in [0.1, 0.15) is 24.2 Å². The van der Waals surface area contributed by atoms with Gasteiger partial charge in [-0.25, -0.2) is 4.39 Å². The Morgan fingerprint density at radius 1 is 1.16 bits per heavy atom. The number of aryl methyl sites for hydroxylation is 1. The average molecular weight is 680 g/mol. The van der Waals surface area contributed by atoms with Crippen LogP contribution in [-0.4, -0.2) is 88.1 Å². The lowest BCUT2D eigenvalue weighted by molar-refractivity contribution is -0.128. The number of amides is 1. The van der Waals surface area contributed by atoms with Crippen molar-refractivity contribution in [3.8, 4) is 18.0 Å². The van der Waals surface area contributed by atoms with Crippen LogP contribution in [0.2, 0.25) is 0 Å². The van der Waals surface area contributed by atoms with Gasteiger partial charge in [0.05, 0.1) is 29.6 Å². The number of ether oxygens (including phenoxy) is 2. The standard InChI is InChI=1S/C34H40BrFN6O3/c35-15-4-9-29(43)42-19-18-40(22-26(42)11-16-37)30-27-10-14-34(13-3-7-24-6-1-2-8-28(24)34)45-31(27)39-32(38-30)44-23-33-12-5-17-41(33)21-25(36)20-33/h1-2,4,6,8-9,25-26H,3,5,7,10-15,17-23H2/b9-4+/t25-,26+,33+,34?/m1/s1. The SMILES string of the molecule is N#CC[C@H]1CN(c2nc(OC[C@@]34CCCN3C[C@H](F)C4)nc3c2CCC2(CCCc4ccccc42)O3)CCN1C(=O)/C=C/CBr. The smallest absolute Gasteiger partial charge is 0.321 e. The first-order valence-corrected chi connectivity index (χ1v) is 17.4. The zero-order chi connectivity index (χ0) is 31.0. The Bertz CT molecular complexity index is 1520. The number of rotatable bonds is 7. The number of halogens is 2. The zero-order valence-electron chi connectivity index (χ0n) is 25.6. The Kier molecular flexibility index (Phi) is 8.46. The summed E-state index contributed by atoms with van der Waals surface area (Å²) in [6.07, 6.45) is 9.70. The fourth-order valence-corrected chi connectivity index (χ4v) is 8.57. The van der Waals surface area contributed by atoms with Crippen molar-refractivity contribution in [1.29, 1.82) is 5.26 Å². The molecule has 0 N–H and O–H groups in total. The first-order chi connectivity index (χ1) is 21.9. The monoisotopic (exact) mass is 678 g/mol. The number of benzene rings is 1. The van der Waals surface area contributed by atoms with Crippen LogP contribution < -0.4 is 14.4 Å². The molecule has 1 aliphatic carbocycles. The van der Waals surface area contributed by atoms with E-state index in [1.54, 1.807) is 17.1 Å². The number of nitriles is 1. The minimum absolute atomic E-state index is 0.0903. The van der Waals surface area contributed by atoms with Crippen molar-refractivity contribution in [2.45, 2.75) is 81.1 Å². The second-order valence-corrected chi connectivity index (χ2v) is 13.8. The first kappa shape index (κ1) is 30.4. The van der Waals surface area contributed by atoms with E-state index in [-0.39, 0.29) is 29.9 Å². The van der Waals surface area contributed by atoms with Crippen molar-refractivity contribution in [3.05, 3.63) is 53.1 Å². The van der Waals surface area contributed by atoms with Crippen LogP contribution in [0.1, 0.15) is 61.6 Å². The van der Waals surface area contributed by atoms with E-state index in [4.69, 9.17) is 19.4 Å². The highest BCUT2D eigenvalue weighted by Crippen LogP contribution is 2.48. The van der Waals surface area contributed by atoms with Crippen LogP contribution >= 0.6 is 15.9 Å². The molecule has 9 nitrogen and oxygen atoms in total. The molecule has 11 heteroatoms. The second kappa shape index (κ2) is 12.5. The molecular formula is C34H40BrFN6O3. The normalized spacial score (nSPS) is 29.3. The summed E-state index contributed by atoms with van der Waals surface area (Å²) in [5, 5.41) is 10.2. The molecule has 2 aromatic rings. The van der Waals surface area contributed by atoms with Crippen LogP contribution in [0.4, 0.5) is 10.2 Å². The molecule has 1 spiro atoms. The van der Waals surface area contributed by atoms with Crippen LogP contribution in [0.25, 0.3) is 0 Å². The quantitative estimate of drug-likeness (QED) is 0.303. The van der Waals surface area contributed by atoms with E-state index in [0.717, 1.165) is 62.9 Å². The number of alkyl halides is 2. The Hall–Kier alpha value is -3.23. The zero-order valence-corrected chi connectivity index (χ0v) is 27.2. The molecule has 3 fully saturated rings. The highest BCUT2D eigenvalue weighted by molar-refractivity contribution is 9.09. The van der Waals surface area contributed by atoms with E-state index in [1.165, 1.54) is 11.1 Å². The van der Waals surface area contributed by atoms with Gasteiger partial charge >= 0.3 is 6.01 Å². The summed E-state index contributed by atoms with van der Waals surface area (Å²) < 4.78 is 27.9. The second-order valence-electron chi connectivity index (χ2n) is 13.1. The molecule has 0 bridgehead atoms. The highest BCUT2D eigenvalue weighted by atomic mass is 79.9. The summed E-state index contributed by atoms with van der Waals surface area (Å²) in [5.41, 5.74) is 2.73. The predicted molar refractivity (Wildman–Crippen MR) is 171 cm³/mol. The van der Waals surface area contributed by atoms with Crippen molar-refractivity contribution >= 4 is 27.7 Å². The lowest BCUT2D eigenvalue weighted by Crippen LogP contribution is -2.55. The molecule has 4 atom stereocenters. The summed E-state index contributed by atoms with van der Waals surface area (Å²) in [6, 6.07) is 10.8. The Labute approximate surface area is 272 Å². The minimum Gasteiger partial charge on any atom is -0.466 e. The van der Waals surface area contributed by atoms with Gasteiger partial charge in [-0.3, -0.25) is 9.69 Å². The van der Waals surface area contributed by atoms with Crippen LogP contribution in [0.3, 0.4) is 0 Å². The number of hydrogen-bond donors (Lipinski definition) is 0. The molecule has 5 aliphatic rings. The molecule has 3 saturated heterocycles. The first-order valence-electron chi connectivity index (χ1n) is 16.3. The van der Waals surface area contributed by atoms with E-state index in [0.29, 0.717) is 50.4 Å². The number of anilines is 1. The van der Waals surface area contributed by atoms with Crippen LogP contribution in [0.5, 0.6) is 11.9 Å². The number of fused-ring (bicyclic) bond motifs is 4. The third-order valence-corrected chi connectivity index (χ3v) is 10.9. The fraction of sp³-hybridized carbons (Fsp3) is 0.588. The van der Waals surface area contributed by atoms with E-state index in [9.17, 15) is 14.4 Å². The number of aromatic nitrogens is 2. The number of nitrogens with zero attached hydrogens (tertiary/aromatic N) is 6. The minimum atomic E-state index is -0.844. The van der Waals surface area contributed by atoms with Gasteiger partial charge in [-0.05, 0) is 68.7 Å². The van der Waals surface area contributed by atoms with Gasteiger partial charge < -0.3 is 19.3 Å². The maximum atomic E-state index is 14.5. The molecule has 0 radical (unpaired) electrons. The number of hydrogen-bond acceptors (Lipinski definition) is 8. The maximum Gasteiger partial charge on any atom is 0.321 e. The molecule has 4 aliphatic heterocycles. The predicted octanol–water partition coefficient (Wildman–Crippen LogP) is 4.87. The van der Waals surface area contributed by atoms with Crippen molar-refractivity contribution < 1.29 is 18.7 Å². The molecule has 1 aromatic heterocycles. The summed E-state index contributed by atoms with van der Waals surface area (Å²) in [5.74, 6) is 1.20. The van der Waals surface area contributed by atoms with Gasteiger partial charge in [0.15, 0.2) is 0 Å². The van der Waals surface area contributed by atoms with Crippen LogP contribution in [0, 0.1) is 11.3 Å². The molecule has 1 amide bonds. The molecule has 238 valence electrons. The molecule has 5 heterocycles. The number of piperazine rings is 1. The lowest BCUT2D eigenvalue weighted by atomic mass is 9.75. The largest absolute Gasteiger partial charge is 0.466 e. The van der Waals surface area contributed by atoms with Crippen molar-refractivity contribution in [2.75, 3.05) is 49.6 Å². The van der Waals surface area contributed by atoms with E-state index in [1.807, 2.05) is 0 Å². The number of allylic oxidation sites excluding steroid dienone is 1. The number of carbonyl (C=O) groups is 1. The molecule has 7 rings (SSSR count). The van der Waals surface area contributed by atoms with Crippen LogP contribution in [0.15, 0.2) is 36.4 Å². The highest BCUT2D eigenvalue weighted by Gasteiger charge is 2.50.